The normalized spacial score (nSPS) is 18.8. The van der Waals surface area contributed by atoms with Crippen LogP contribution in [0.1, 0.15) is 80.2 Å². The van der Waals surface area contributed by atoms with Crippen LogP contribution in [-0.4, -0.2) is 64.0 Å². The first-order valence-electron chi connectivity index (χ1n) is 10.9. The predicted molar refractivity (Wildman–Crippen MR) is 116 cm³/mol. The van der Waals surface area contributed by atoms with Crippen molar-refractivity contribution < 1.29 is 9.59 Å². The summed E-state index contributed by atoms with van der Waals surface area (Å²) >= 11 is 1.50. The minimum Gasteiger partial charge on any atom is -0.342 e. The van der Waals surface area contributed by atoms with Gasteiger partial charge in [-0.1, -0.05) is 26.7 Å². The second-order valence-electron chi connectivity index (χ2n) is 8.51. The first kappa shape index (κ1) is 22.1. The number of thioether (sulfide) groups is 1. The molecular formula is C22H34N4O2S. The van der Waals surface area contributed by atoms with Gasteiger partial charge in [0.25, 0.3) is 5.91 Å². The van der Waals surface area contributed by atoms with Gasteiger partial charge >= 0.3 is 0 Å². The van der Waals surface area contributed by atoms with E-state index in [-0.39, 0.29) is 17.7 Å². The molecule has 0 radical (unpaired) electrons. The van der Waals surface area contributed by atoms with Crippen LogP contribution in [0.15, 0.2) is 5.03 Å². The number of hydrogen-bond acceptors (Lipinski definition) is 5. The second-order valence-corrected chi connectivity index (χ2v) is 9.31. The number of likely N-dealkylation sites (tertiary alicyclic amines) is 2. The van der Waals surface area contributed by atoms with Gasteiger partial charge in [-0.25, -0.2) is 9.97 Å². The SMILES string of the molecule is CSc1nc(C(C)C)nc(C)c1C(=O)N1CCC(C(=O)N2CCCCCC2)CC1. The van der Waals surface area contributed by atoms with Crippen molar-refractivity contribution in [3.05, 3.63) is 17.1 Å². The first-order valence-corrected chi connectivity index (χ1v) is 12.2. The molecule has 6 nitrogen and oxygen atoms in total. The van der Waals surface area contributed by atoms with Crippen LogP contribution in [0.3, 0.4) is 0 Å². The highest BCUT2D eigenvalue weighted by molar-refractivity contribution is 7.98. The molecule has 0 saturated carbocycles. The largest absolute Gasteiger partial charge is 0.342 e. The van der Waals surface area contributed by atoms with Crippen LogP contribution in [0.25, 0.3) is 0 Å². The fourth-order valence-electron chi connectivity index (χ4n) is 4.26. The number of carbonyl (C=O) groups excluding carboxylic acids is 2. The summed E-state index contributed by atoms with van der Waals surface area (Å²) in [4.78, 5) is 39.3. The molecule has 3 rings (SSSR count). The van der Waals surface area contributed by atoms with Crippen molar-refractivity contribution in [1.82, 2.24) is 19.8 Å². The molecule has 7 heteroatoms. The summed E-state index contributed by atoms with van der Waals surface area (Å²) in [5, 5.41) is 0.758. The molecule has 0 aromatic carbocycles. The molecule has 0 atom stereocenters. The number of amides is 2. The first-order chi connectivity index (χ1) is 13.9. The fourth-order valence-corrected chi connectivity index (χ4v) is 4.88. The van der Waals surface area contributed by atoms with E-state index in [0.717, 1.165) is 55.3 Å². The fraction of sp³-hybridized carbons (Fsp3) is 0.727. The van der Waals surface area contributed by atoms with Gasteiger partial charge in [0, 0.05) is 38.0 Å². The van der Waals surface area contributed by atoms with E-state index in [2.05, 4.69) is 28.7 Å². The molecule has 2 saturated heterocycles. The summed E-state index contributed by atoms with van der Waals surface area (Å²) < 4.78 is 0. The third-order valence-corrected chi connectivity index (χ3v) is 6.73. The van der Waals surface area contributed by atoms with E-state index in [0.29, 0.717) is 24.6 Å². The number of rotatable bonds is 4. The van der Waals surface area contributed by atoms with Crippen LogP contribution in [0.5, 0.6) is 0 Å². The number of hydrogen-bond donors (Lipinski definition) is 0. The molecule has 2 aliphatic rings. The molecule has 2 amide bonds. The van der Waals surface area contributed by atoms with Crippen LogP contribution in [-0.2, 0) is 4.79 Å². The summed E-state index contributed by atoms with van der Waals surface area (Å²) in [5.41, 5.74) is 1.38. The molecule has 29 heavy (non-hydrogen) atoms. The van der Waals surface area contributed by atoms with Crippen molar-refractivity contribution >= 4 is 23.6 Å². The summed E-state index contributed by atoms with van der Waals surface area (Å²) in [6, 6.07) is 0. The lowest BCUT2D eigenvalue weighted by Gasteiger charge is -2.34. The maximum atomic E-state index is 13.2. The summed E-state index contributed by atoms with van der Waals surface area (Å²) in [6.07, 6.45) is 8.14. The van der Waals surface area contributed by atoms with Gasteiger partial charge in [-0.2, -0.15) is 0 Å². The van der Waals surface area contributed by atoms with Gasteiger partial charge in [-0.15, -0.1) is 11.8 Å². The highest BCUT2D eigenvalue weighted by atomic mass is 32.2. The maximum Gasteiger partial charge on any atom is 0.258 e. The molecule has 160 valence electrons. The Bertz CT molecular complexity index is 737. The van der Waals surface area contributed by atoms with Crippen LogP contribution < -0.4 is 0 Å². The monoisotopic (exact) mass is 418 g/mol. The van der Waals surface area contributed by atoms with Crippen LogP contribution in [0.2, 0.25) is 0 Å². The van der Waals surface area contributed by atoms with Crippen molar-refractivity contribution in [3.8, 4) is 0 Å². The van der Waals surface area contributed by atoms with Crippen LogP contribution in [0, 0.1) is 12.8 Å². The van der Waals surface area contributed by atoms with E-state index in [1.165, 1.54) is 24.6 Å². The molecule has 1 aromatic heterocycles. The molecular weight excluding hydrogens is 384 g/mol. The summed E-state index contributed by atoms with van der Waals surface area (Å²) in [6.45, 7) is 9.07. The van der Waals surface area contributed by atoms with Crippen molar-refractivity contribution in [1.29, 1.82) is 0 Å². The Morgan fingerprint density at radius 2 is 1.59 bits per heavy atom. The van der Waals surface area contributed by atoms with Crippen molar-refractivity contribution in [2.45, 2.75) is 70.2 Å². The number of nitrogens with zero attached hydrogens (tertiary/aromatic N) is 4. The second kappa shape index (κ2) is 9.92. The molecule has 3 heterocycles. The van der Waals surface area contributed by atoms with Gasteiger partial charge in [0.2, 0.25) is 5.91 Å². The van der Waals surface area contributed by atoms with Crippen LogP contribution in [0.4, 0.5) is 0 Å². The molecule has 2 fully saturated rings. The Morgan fingerprint density at radius 3 is 2.14 bits per heavy atom. The Hall–Kier alpha value is -1.63. The third kappa shape index (κ3) is 5.11. The zero-order valence-corrected chi connectivity index (χ0v) is 19.1. The van der Waals surface area contributed by atoms with Gasteiger partial charge < -0.3 is 9.80 Å². The maximum absolute atomic E-state index is 13.2. The van der Waals surface area contributed by atoms with Crippen molar-refractivity contribution in [2.75, 3.05) is 32.4 Å². The minimum absolute atomic E-state index is 0.00262. The van der Waals surface area contributed by atoms with E-state index in [4.69, 9.17) is 0 Å². The quantitative estimate of drug-likeness (QED) is 0.548. The van der Waals surface area contributed by atoms with Gasteiger partial charge in [0.05, 0.1) is 11.3 Å². The van der Waals surface area contributed by atoms with Crippen molar-refractivity contribution in [3.63, 3.8) is 0 Å². The van der Waals surface area contributed by atoms with Crippen LogP contribution >= 0.6 is 11.8 Å². The lowest BCUT2D eigenvalue weighted by molar-refractivity contribution is -0.136. The van der Waals surface area contributed by atoms with E-state index >= 15 is 0 Å². The summed E-state index contributed by atoms with van der Waals surface area (Å²) in [5.74, 6) is 1.36. The lowest BCUT2D eigenvalue weighted by Crippen LogP contribution is -2.45. The Balaban J connectivity index is 1.66. The minimum atomic E-state index is 0.00262. The molecule has 0 unspecified atom stereocenters. The number of piperidine rings is 1. The van der Waals surface area contributed by atoms with Gasteiger partial charge in [0.1, 0.15) is 10.9 Å². The zero-order valence-electron chi connectivity index (χ0n) is 18.2. The number of aryl methyl sites for hydroxylation is 1. The standard InChI is InChI=1S/C22H34N4O2S/c1-15(2)19-23-16(3)18(20(24-19)29-4)22(28)26-13-9-17(10-14-26)21(27)25-11-7-5-6-8-12-25/h15,17H,5-14H2,1-4H3. The predicted octanol–water partition coefficient (Wildman–Crippen LogP) is 3.89. The van der Waals surface area contributed by atoms with E-state index in [9.17, 15) is 9.59 Å². The summed E-state index contributed by atoms with van der Waals surface area (Å²) in [7, 11) is 0. The van der Waals surface area contributed by atoms with E-state index < -0.39 is 0 Å². The van der Waals surface area contributed by atoms with Gasteiger partial charge in [-0.3, -0.25) is 9.59 Å². The Kier molecular flexibility index (Phi) is 7.55. The number of carbonyl (C=O) groups is 2. The molecule has 0 spiro atoms. The lowest BCUT2D eigenvalue weighted by atomic mass is 9.94. The highest BCUT2D eigenvalue weighted by Crippen LogP contribution is 2.27. The Labute approximate surface area is 178 Å². The average molecular weight is 419 g/mol. The van der Waals surface area contributed by atoms with E-state index in [1.54, 1.807) is 0 Å². The molecule has 0 aliphatic carbocycles. The molecule has 2 aliphatic heterocycles. The molecule has 1 aromatic rings. The topological polar surface area (TPSA) is 66.4 Å². The molecule has 0 N–H and O–H groups in total. The van der Waals surface area contributed by atoms with Crippen molar-refractivity contribution in [2.24, 2.45) is 5.92 Å². The zero-order chi connectivity index (χ0) is 21.0. The Morgan fingerprint density at radius 1 is 0.966 bits per heavy atom. The third-order valence-electron chi connectivity index (χ3n) is 6.05. The molecule has 0 bridgehead atoms. The van der Waals surface area contributed by atoms with Gasteiger partial charge in [0.15, 0.2) is 0 Å². The van der Waals surface area contributed by atoms with E-state index in [1.807, 2.05) is 18.1 Å². The van der Waals surface area contributed by atoms with Gasteiger partial charge in [-0.05, 0) is 38.9 Å². The average Bonchev–Trinajstić information content (AvgIpc) is 3.01. The number of aromatic nitrogens is 2. The highest BCUT2D eigenvalue weighted by Gasteiger charge is 2.32. The smallest absolute Gasteiger partial charge is 0.258 e.